The summed E-state index contributed by atoms with van der Waals surface area (Å²) in [5.41, 5.74) is -0.178. The smallest absolute Gasteiger partial charge is 0.296 e. The molecule has 0 unspecified atom stereocenters. The van der Waals surface area contributed by atoms with E-state index in [2.05, 4.69) is 4.37 Å². The van der Waals surface area contributed by atoms with Crippen molar-refractivity contribution in [1.29, 1.82) is 0 Å². The van der Waals surface area contributed by atoms with Crippen LogP contribution in [0.5, 0.6) is 0 Å². The number of carbonyl (C=O) groups excluding carboxylic acids is 1. The predicted molar refractivity (Wildman–Crippen MR) is 32.5 cm³/mol. The fraction of sp³-hybridized carbons (Fsp3) is 0.200. The second kappa shape index (κ2) is 2.61. The van der Waals surface area contributed by atoms with Crippen molar-refractivity contribution in [3.05, 3.63) is 16.6 Å². The number of hydrogen-bond acceptors (Lipinski definition) is 3. The van der Waals surface area contributed by atoms with Crippen LogP contribution in [0.1, 0.15) is 15.4 Å². The molecule has 0 saturated heterocycles. The monoisotopic (exact) mass is 181 g/mol. The molecule has 0 aliphatic rings. The zero-order valence-corrected chi connectivity index (χ0v) is 5.87. The fourth-order valence-corrected chi connectivity index (χ4v) is 1.05. The molecule has 6 heteroatoms. The third-order valence-electron chi connectivity index (χ3n) is 0.929. The van der Waals surface area contributed by atoms with Crippen LogP contribution in [-0.2, 0) is 6.18 Å². The molecule has 60 valence electrons. The van der Waals surface area contributed by atoms with Crippen molar-refractivity contribution in [2.24, 2.45) is 0 Å². The Kier molecular flexibility index (Phi) is 1.95. The number of alkyl halides is 3. The van der Waals surface area contributed by atoms with Crippen LogP contribution in [0.25, 0.3) is 0 Å². The standard InChI is InChI=1S/C5H2F3NOS/c6-5(7,8)4-1-3(2-10)9-11-4/h1-2H. The first kappa shape index (κ1) is 8.19. The van der Waals surface area contributed by atoms with Crippen LogP contribution >= 0.6 is 11.5 Å². The van der Waals surface area contributed by atoms with Gasteiger partial charge in [0.2, 0.25) is 0 Å². The zero-order chi connectivity index (χ0) is 8.48. The molecular formula is C5H2F3NOS. The quantitative estimate of drug-likeness (QED) is 0.620. The highest BCUT2D eigenvalue weighted by molar-refractivity contribution is 7.06. The molecule has 0 aliphatic carbocycles. The molecule has 0 radical (unpaired) electrons. The summed E-state index contributed by atoms with van der Waals surface area (Å²) >= 11 is 0.275. The molecule has 1 heterocycles. The van der Waals surface area contributed by atoms with Crippen LogP contribution in [-0.4, -0.2) is 10.7 Å². The van der Waals surface area contributed by atoms with E-state index >= 15 is 0 Å². The van der Waals surface area contributed by atoms with E-state index in [1.807, 2.05) is 0 Å². The molecule has 1 rings (SSSR count). The van der Waals surface area contributed by atoms with Gasteiger partial charge in [-0.2, -0.15) is 17.5 Å². The second-order valence-electron chi connectivity index (χ2n) is 1.73. The van der Waals surface area contributed by atoms with E-state index < -0.39 is 11.1 Å². The van der Waals surface area contributed by atoms with E-state index in [0.717, 1.165) is 6.07 Å². The topological polar surface area (TPSA) is 30.0 Å². The lowest BCUT2D eigenvalue weighted by molar-refractivity contribution is -0.134. The summed E-state index contributed by atoms with van der Waals surface area (Å²) < 4.78 is 38.6. The van der Waals surface area contributed by atoms with Crippen molar-refractivity contribution in [2.75, 3.05) is 0 Å². The van der Waals surface area contributed by atoms with Gasteiger partial charge in [-0.1, -0.05) is 0 Å². The fourth-order valence-electron chi connectivity index (χ4n) is 0.478. The maximum absolute atomic E-state index is 11.8. The molecule has 0 N–H and O–H groups in total. The largest absolute Gasteiger partial charge is 0.427 e. The molecule has 0 spiro atoms. The molecule has 0 fully saturated rings. The Bertz CT molecular complexity index is 267. The number of aldehydes is 1. The van der Waals surface area contributed by atoms with Crippen molar-refractivity contribution in [2.45, 2.75) is 6.18 Å². The third-order valence-corrected chi connectivity index (χ3v) is 1.78. The molecular weight excluding hydrogens is 179 g/mol. The third kappa shape index (κ3) is 1.76. The molecule has 11 heavy (non-hydrogen) atoms. The molecule has 1 aromatic heterocycles. The van der Waals surface area contributed by atoms with Gasteiger partial charge in [0.25, 0.3) is 0 Å². The highest BCUT2D eigenvalue weighted by Gasteiger charge is 2.33. The Morgan fingerprint density at radius 1 is 1.55 bits per heavy atom. The lowest BCUT2D eigenvalue weighted by atomic mass is 10.4. The molecule has 1 aromatic rings. The Morgan fingerprint density at radius 2 is 2.18 bits per heavy atom. The normalized spacial score (nSPS) is 11.5. The van der Waals surface area contributed by atoms with Crippen LogP contribution in [0, 0.1) is 0 Å². The summed E-state index contributed by atoms with van der Waals surface area (Å²) in [4.78, 5) is 9.08. The highest BCUT2D eigenvalue weighted by Crippen LogP contribution is 2.32. The molecule has 0 saturated carbocycles. The average Bonchev–Trinajstić information content (AvgIpc) is 2.32. The summed E-state index contributed by atoms with van der Waals surface area (Å²) in [5.74, 6) is 0. The Balaban J connectivity index is 2.98. The maximum Gasteiger partial charge on any atom is 0.427 e. The lowest BCUT2D eigenvalue weighted by Gasteiger charge is -1.98. The van der Waals surface area contributed by atoms with Crippen LogP contribution < -0.4 is 0 Å². The number of carbonyl (C=O) groups is 1. The lowest BCUT2D eigenvalue weighted by Crippen LogP contribution is -2.00. The Labute approximate surface area is 63.8 Å². The molecule has 0 bridgehead atoms. The predicted octanol–water partition coefficient (Wildman–Crippen LogP) is 1.97. The van der Waals surface area contributed by atoms with Crippen molar-refractivity contribution in [1.82, 2.24) is 4.37 Å². The van der Waals surface area contributed by atoms with E-state index in [-0.39, 0.29) is 23.5 Å². The number of halogens is 3. The van der Waals surface area contributed by atoms with E-state index in [4.69, 9.17) is 0 Å². The van der Waals surface area contributed by atoms with Gasteiger partial charge in [-0.05, 0) is 17.6 Å². The second-order valence-corrected chi connectivity index (χ2v) is 2.54. The van der Waals surface area contributed by atoms with Crippen molar-refractivity contribution in [3.63, 3.8) is 0 Å². The Hall–Kier alpha value is -0.910. The molecule has 0 aromatic carbocycles. The maximum atomic E-state index is 11.8. The number of rotatable bonds is 1. The van der Waals surface area contributed by atoms with Crippen LogP contribution in [0.4, 0.5) is 13.2 Å². The van der Waals surface area contributed by atoms with Crippen LogP contribution in [0.15, 0.2) is 6.07 Å². The van der Waals surface area contributed by atoms with E-state index in [9.17, 15) is 18.0 Å². The molecule has 2 nitrogen and oxygen atoms in total. The van der Waals surface area contributed by atoms with E-state index in [0.29, 0.717) is 0 Å². The van der Waals surface area contributed by atoms with Gasteiger partial charge >= 0.3 is 6.18 Å². The molecule has 0 aliphatic heterocycles. The van der Waals surface area contributed by atoms with Gasteiger partial charge in [0.1, 0.15) is 10.6 Å². The summed E-state index contributed by atoms with van der Waals surface area (Å²) in [6, 6.07) is 0.720. The van der Waals surface area contributed by atoms with E-state index in [1.165, 1.54) is 0 Å². The zero-order valence-electron chi connectivity index (χ0n) is 5.05. The number of nitrogens with zero attached hydrogens (tertiary/aromatic N) is 1. The minimum atomic E-state index is -4.39. The Morgan fingerprint density at radius 3 is 2.45 bits per heavy atom. The van der Waals surface area contributed by atoms with Crippen molar-refractivity contribution in [3.8, 4) is 0 Å². The molecule has 0 atom stereocenters. The summed E-state index contributed by atoms with van der Waals surface area (Å²) in [6.07, 6.45) is -4.11. The van der Waals surface area contributed by atoms with Crippen LogP contribution in [0.3, 0.4) is 0 Å². The first-order valence-electron chi connectivity index (χ1n) is 2.53. The highest BCUT2D eigenvalue weighted by atomic mass is 32.1. The average molecular weight is 181 g/mol. The summed E-state index contributed by atoms with van der Waals surface area (Å²) in [6.45, 7) is 0. The minimum absolute atomic E-state index is 0.178. The summed E-state index contributed by atoms with van der Waals surface area (Å²) in [7, 11) is 0. The van der Waals surface area contributed by atoms with Gasteiger partial charge < -0.3 is 0 Å². The van der Waals surface area contributed by atoms with Gasteiger partial charge in [-0.15, -0.1) is 0 Å². The summed E-state index contributed by atoms with van der Waals surface area (Å²) in [5, 5.41) is 0. The number of hydrogen-bond donors (Lipinski definition) is 0. The van der Waals surface area contributed by atoms with Gasteiger partial charge in [-0.3, -0.25) is 4.79 Å². The first-order chi connectivity index (χ1) is 5.04. The van der Waals surface area contributed by atoms with Crippen molar-refractivity contribution < 1.29 is 18.0 Å². The number of aromatic nitrogens is 1. The first-order valence-corrected chi connectivity index (χ1v) is 3.30. The van der Waals surface area contributed by atoms with Gasteiger partial charge in [0.05, 0.1) is 0 Å². The van der Waals surface area contributed by atoms with Gasteiger partial charge in [0.15, 0.2) is 6.29 Å². The minimum Gasteiger partial charge on any atom is -0.296 e. The van der Waals surface area contributed by atoms with Crippen molar-refractivity contribution >= 4 is 17.8 Å². The molecule has 0 amide bonds. The van der Waals surface area contributed by atoms with Gasteiger partial charge in [0, 0.05) is 0 Å². The van der Waals surface area contributed by atoms with E-state index in [1.54, 1.807) is 0 Å². The van der Waals surface area contributed by atoms with Gasteiger partial charge in [-0.25, -0.2) is 0 Å². The van der Waals surface area contributed by atoms with Crippen LogP contribution in [0.2, 0.25) is 0 Å². The SMILES string of the molecule is O=Cc1cc(C(F)(F)F)sn1.